The normalized spacial score (nSPS) is 14.2. The number of carbonyl (C=O) groups is 2. The van der Waals surface area contributed by atoms with Gasteiger partial charge in [0.15, 0.2) is 0 Å². The van der Waals surface area contributed by atoms with Crippen LogP contribution in [0.5, 0.6) is 0 Å². The summed E-state index contributed by atoms with van der Waals surface area (Å²) in [4.78, 5) is 28.2. The third-order valence-electron chi connectivity index (χ3n) is 5.53. The Morgan fingerprint density at radius 3 is 2.47 bits per heavy atom. The zero-order chi connectivity index (χ0) is 22.1. The van der Waals surface area contributed by atoms with Gasteiger partial charge in [-0.15, -0.1) is 0 Å². The van der Waals surface area contributed by atoms with E-state index in [4.69, 9.17) is 5.26 Å². The number of hydrogen-bond acceptors (Lipinski definition) is 4. The van der Waals surface area contributed by atoms with Crippen LogP contribution in [-0.2, 0) is 11.2 Å². The van der Waals surface area contributed by atoms with Crippen molar-refractivity contribution < 1.29 is 9.59 Å². The number of rotatable bonds is 4. The van der Waals surface area contributed by atoms with E-state index in [1.807, 2.05) is 60.8 Å². The number of aromatic nitrogens is 1. The molecule has 0 fully saturated rings. The van der Waals surface area contributed by atoms with Gasteiger partial charge in [0, 0.05) is 34.7 Å². The number of H-pyrrole nitrogens is 1. The van der Waals surface area contributed by atoms with E-state index in [1.54, 1.807) is 12.3 Å². The lowest BCUT2D eigenvalue weighted by Gasteiger charge is -2.19. The van der Waals surface area contributed by atoms with Gasteiger partial charge in [-0.25, -0.2) is 0 Å². The Labute approximate surface area is 184 Å². The third kappa shape index (κ3) is 3.53. The summed E-state index contributed by atoms with van der Waals surface area (Å²) in [7, 11) is 0. The number of anilines is 1. The standard InChI is InChI=1S/C26H18N4O2/c27-11-9-16-1-5-20(6-2-16)29-15-23-22-14-18(3-7-21(22)25(31)30-26(23)32)17-4-8-24-19(13-17)10-12-28-24/h1-8,10,12-15,28-29H,9H2,(H,30,31,32). The molecule has 32 heavy (non-hydrogen) atoms. The molecule has 0 radical (unpaired) electrons. The van der Waals surface area contributed by atoms with Crippen molar-refractivity contribution in [3.05, 3.63) is 95.8 Å². The second-order valence-corrected chi connectivity index (χ2v) is 7.56. The SMILES string of the molecule is N#CCc1ccc(NC=C2C(=O)NC(=O)c3ccc(-c4ccc5[nH]ccc5c4)cc32)cc1. The van der Waals surface area contributed by atoms with Crippen LogP contribution in [0.4, 0.5) is 5.69 Å². The van der Waals surface area contributed by atoms with Gasteiger partial charge in [-0.3, -0.25) is 14.9 Å². The molecule has 0 saturated heterocycles. The fourth-order valence-corrected chi connectivity index (χ4v) is 3.85. The van der Waals surface area contributed by atoms with Crippen LogP contribution in [-0.4, -0.2) is 16.8 Å². The Bertz CT molecular complexity index is 1440. The number of nitrogens with one attached hydrogen (secondary N) is 3. The lowest BCUT2D eigenvalue weighted by atomic mass is 9.91. The maximum atomic E-state index is 12.6. The number of nitriles is 1. The lowest BCUT2D eigenvalue weighted by molar-refractivity contribution is -0.114. The van der Waals surface area contributed by atoms with Gasteiger partial charge in [0.1, 0.15) is 0 Å². The molecule has 0 spiro atoms. The molecule has 2 heterocycles. The quantitative estimate of drug-likeness (QED) is 0.333. The zero-order valence-corrected chi connectivity index (χ0v) is 17.0. The summed E-state index contributed by atoms with van der Waals surface area (Å²) in [5.74, 6) is -0.856. The number of hydrogen-bond donors (Lipinski definition) is 3. The first-order chi connectivity index (χ1) is 15.6. The Morgan fingerprint density at radius 1 is 0.875 bits per heavy atom. The maximum Gasteiger partial charge on any atom is 0.260 e. The summed E-state index contributed by atoms with van der Waals surface area (Å²) in [5.41, 5.74) is 6.07. The van der Waals surface area contributed by atoms with Gasteiger partial charge in [-0.1, -0.05) is 24.3 Å². The molecule has 3 N–H and O–H groups in total. The number of fused-ring (bicyclic) bond motifs is 2. The van der Waals surface area contributed by atoms with E-state index in [0.717, 1.165) is 33.3 Å². The van der Waals surface area contributed by atoms with Gasteiger partial charge >= 0.3 is 0 Å². The van der Waals surface area contributed by atoms with E-state index in [0.29, 0.717) is 23.1 Å². The van der Waals surface area contributed by atoms with Crippen molar-refractivity contribution in [3.63, 3.8) is 0 Å². The molecule has 3 aromatic carbocycles. The fourth-order valence-electron chi connectivity index (χ4n) is 3.85. The van der Waals surface area contributed by atoms with Crippen molar-refractivity contribution in [3.8, 4) is 17.2 Å². The summed E-state index contributed by atoms with van der Waals surface area (Å²) < 4.78 is 0. The highest BCUT2D eigenvalue weighted by Gasteiger charge is 2.27. The van der Waals surface area contributed by atoms with Gasteiger partial charge in [0.25, 0.3) is 11.8 Å². The van der Waals surface area contributed by atoms with E-state index in [1.165, 1.54) is 0 Å². The van der Waals surface area contributed by atoms with Crippen molar-refractivity contribution in [2.24, 2.45) is 0 Å². The molecule has 0 saturated carbocycles. The van der Waals surface area contributed by atoms with Crippen molar-refractivity contribution >= 4 is 34.0 Å². The predicted molar refractivity (Wildman–Crippen MR) is 124 cm³/mol. The molecule has 5 rings (SSSR count). The molecule has 6 nitrogen and oxygen atoms in total. The van der Waals surface area contributed by atoms with Crippen LogP contribution in [0, 0.1) is 11.3 Å². The van der Waals surface area contributed by atoms with E-state index >= 15 is 0 Å². The summed E-state index contributed by atoms with van der Waals surface area (Å²) in [6.07, 6.45) is 3.85. The van der Waals surface area contributed by atoms with Gasteiger partial charge in [-0.2, -0.15) is 5.26 Å². The van der Waals surface area contributed by atoms with Crippen LogP contribution in [0.1, 0.15) is 21.5 Å². The Hall–Kier alpha value is -4.63. The van der Waals surface area contributed by atoms with Crippen molar-refractivity contribution in [2.75, 3.05) is 5.32 Å². The second-order valence-electron chi connectivity index (χ2n) is 7.56. The first-order valence-electron chi connectivity index (χ1n) is 10.1. The van der Waals surface area contributed by atoms with Gasteiger partial charge < -0.3 is 10.3 Å². The highest BCUT2D eigenvalue weighted by atomic mass is 16.2. The first-order valence-corrected chi connectivity index (χ1v) is 10.1. The Morgan fingerprint density at radius 2 is 1.66 bits per heavy atom. The van der Waals surface area contributed by atoms with Crippen LogP contribution in [0.3, 0.4) is 0 Å². The number of nitrogens with zero attached hydrogens (tertiary/aromatic N) is 1. The molecule has 1 aliphatic heterocycles. The number of carbonyl (C=O) groups excluding carboxylic acids is 2. The molecule has 0 unspecified atom stereocenters. The van der Waals surface area contributed by atoms with Crippen LogP contribution >= 0.6 is 0 Å². The van der Waals surface area contributed by atoms with Crippen molar-refractivity contribution in [1.82, 2.24) is 10.3 Å². The third-order valence-corrected chi connectivity index (χ3v) is 5.53. The van der Waals surface area contributed by atoms with Crippen LogP contribution < -0.4 is 10.6 Å². The van der Waals surface area contributed by atoms with Gasteiger partial charge in [0.2, 0.25) is 0 Å². The second kappa shape index (κ2) is 7.89. The van der Waals surface area contributed by atoms with Crippen molar-refractivity contribution in [2.45, 2.75) is 6.42 Å². The fraction of sp³-hybridized carbons (Fsp3) is 0.0385. The van der Waals surface area contributed by atoms with Gasteiger partial charge in [-0.05, 0) is 64.5 Å². The molecule has 1 aromatic heterocycles. The highest BCUT2D eigenvalue weighted by Crippen LogP contribution is 2.31. The molecular formula is C26H18N4O2. The number of amides is 2. The van der Waals surface area contributed by atoms with Gasteiger partial charge in [0.05, 0.1) is 18.1 Å². The topological polar surface area (TPSA) is 97.8 Å². The minimum absolute atomic E-state index is 0.344. The van der Waals surface area contributed by atoms with E-state index < -0.39 is 11.8 Å². The molecule has 0 aliphatic carbocycles. The van der Waals surface area contributed by atoms with Crippen LogP contribution in [0.15, 0.2) is 79.1 Å². The summed E-state index contributed by atoms with van der Waals surface area (Å²) >= 11 is 0. The Balaban J connectivity index is 1.52. The molecule has 6 heteroatoms. The average molecular weight is 418 g/mol. The molecule has 0 bridgehead atoms. The van der Waals surface area contributed by atoms with Crippen LogP contribution in [0.25, 0.3) is 27.6 Å². The molecule has 2 amide bonds. The van der Waals surface area contributed by atoms with E-state index in [9.17, 15) is 9.59 Å². The number of benzene rings is 3. The zero-order valence-electron chi connectivity index (χ0n) is 17.0. The predicted octanol–water partition coefficient (Wildman–Crippen LogP) is 4.62. The number of aromatic amines is 1. The van der Waals surface area contributed by atoms with E-state index in [2.05, 4.69) is 27.8 Å². The Kier molecular flexibility index (Phi) is 4.77. The smallest absolute Gasteiger partial charge is 0.260 e. The number of imide groups is 1. The minimum atomic E-state index is -0.450. The first kappa shape index (κ1) is 19.3. The maximum absolute atomic E-state index is 12.6. The lowest BCUT2D eigenvalue weighted by Crippen LogP contribution is -2.36. The summed E-state index contributed by atoms with van der Waals surface area (Å²) in [5, 5.41) is 15.4. The minimum Gasteiger partial charge on any atom is -0.361 e. The molecule has 154 valence electrons. The monoisotopic (exact) mass is 418 g/mol. The largest absolute Gasteiger partial charge is 0.361 e. The highest BCUT2D eigenvalue weighted by molar-refractivity contribution is 6.31. The summed E-state index contributed by atoms with van der Waals surface area (Å²) in [6, 6.07) is 23.1. The molecule has 0 atom stereocenters. The summed E-state index contributed by atoms with van der Waals surface area (Å²) in [6.45, 7) is 0. The molecule has 4 aromatic rings. The molecular weight excluding hydrogens is 400 g/mol. The van der Waals surface area contributed by atoms with E-state index in [-0.39, 0.29) is 0 Å². The molecule has 1 aliphatic rings. The van der Waals surface area contributed by atoms with Crippen molar-refractivity contribution in [1.29, 1.82) is 5.26 Å². The van der Waals surface area contributed by atoms with Crippen LogP contribution in [0.2, 0.25) is 0 Å². The average Bonchev–Trinajstić information content (AvgIpc) is 3.28.